The van der Waals surface area contributed by atoms with Gasteiger partial charge in [-0.2, -0.15) is 8.78 Å². The van der Waals surface area contributed by atoms with Crippen LogP contribution in [0.25, 0.3) is 10.8 Å². The Bertz CT molecular complexity index is 1050. The molecule has 1 N–H and O–H groups in total. The quantitative estimate of drug-likeness (QED) is 0.761. The molecule has 3 rings (SSSR count). The second-order valence-electron chi connectivity index (χ2n) is 5.32. The Morgan fingerprint density at radius 2 is 1.52 bits per heavy atom. The molecule has 128 valence electrons. The maximum Gasteiger partial charge on any atom is 0.341 e. The number of alkyl halides is 2. The molecule has 0 aromatic heterocycles. The zero-order valence-electron chi connectivity index (χ0n) is 12.8. The van der Waals surface area contributed by atoms with Crippen LogP contribution in [0, 0.1) is 0 Å². The third-order valence-corrected chi connectivity index (χ3v) is 5.13. The van der Waals surface area contributed by atoms with Crippen molar-refractivity contribution in [2.75, 3.05) is 5.32 Å². The number of carbonyl (C=O) groups is 1. The van der Waals surface area contributed by atoms with Crippen molar-refractivity contribution in [3.05, 3.63) is 72.3 Å². The highest BCUT2D eigenvalue weighted by atomic mass is 32.2. The average Bonchev–Trinajstić information content (AvgIpc) is 2.61. The highest BCUT2D eigenvalue weighted by molar-refractivity contribution is 7.91. The van der Waals surface area contributed by atoms with Gasteiger partial charge in [-0.3, -0.25) is 4.79 Å². The summed E-state index contributed by atoms with van der Waals surface area (Å²) >= 11 is 0. The number of hydrogen-bond donors (Lipinski definition) is 1. The Morgan fingerprint density at radius 1 is 0.880 bits per heavy atom. The van der Waals surface area contributed by atoms with E-state index in [4.69, 9.17) is 0 Å². The molecule has 4 nitrogen and oxygen atoms in total. The molecular weight excluding hydrogens is 348 g/mol. The molecule has 0 radical (unpaired) electrons. The number of carbonyl (C=O) groups excluding carboxylic acids is 1. The van der Waals surface area contributed by atoms with E-state index in [1.54, 1.807) is 18.2 Å². The van der Waals surface area contributed by atoms with Crippen molar-refractivity contribution in [3.63, 3.8) is 0 Å². The zero-order chi connectivity index (χ0) is 18.0. The van der Waals surface area contributed by atoms with Crippen LogP contribution in [0.5, 0.6) is 0 Å². The van der Waals surface area contributed by atoms with Gasteiger partial charge in [0.25, 0.3) is 5.91 Å². The number of nitrogens with one attached hydrogen (secondary N) is 1. The van der Waals surface area contributed by atoms with E-state index in [1.165, 1.54) is 18.2 Å². The Balaban J connectivity index is 1.96. The third-order valence-electron chi connectivity index (χ3n) is 3.69. The first-order valence-electron chi connectivity index (χ1n) is 7.31. The van der Waals surface area contributed by atoms with Crippen molar-refractivity contribution < 1.29 is 22.0 Å². The van der Waals surface area contributed by atoms with Crippen molar-refractivity contribution >= 4 is 32.2 Å². The Labute approximate surface area is 143 Å². The summed E-state index contributed by atoms with van der Waals surface area (Å²) < 4.78 is 49.1. The summed E-state index contributed by atoms with van der Waals surface area (Å²) in [6.07, 6.45) is 0. The lowest BCUT2D eigenvalue weighted by atomic mass is 10.1. The molecule has 0 spiro atoms. The Hall–Kier alpha value is -2.80. The van der Waals surface area contributed by atoms with Gasteiger partial charge in [0, 0.05) is 5.56 Å². The number of fused-ring (bicyclic) bond motifs is 1. The molecule has 3 aromatic rings. The summed E-state index contributed by atoms with van der Waals surface area (Å²) in [7, 11) is -4.82. The van der Waals surface area contributed by atoms with Crippen LogP contribution in [-0.4, -0.2) is 20.1 Å². The second kappa shape index (κ2) is 6.60. The topological polar surface area (TPSA) is 63.2 Å². The summed E-state index contributed by atoms with van der Waals surface area (Å²) in [5.41, 5.74) is 0.115. The lowest BCUT2D eigenvalue weighted by Gasteiger charge is -2.11. The minimum atomic E-state index is -4.82. The fraction of sp³-hybridized carbons (Fsp3) is 0.0556. The number of rotatable bonds is 4. The van der Waals surface area contributed by atoms with E-state index in [-0.39, 0.29) is 5.69 Å². The molecule has 0 aliphatic heterocycles. The van der Waals surface area contributed by atoms with Gasteiger partial charge in [0.05, 0.1) is 10.6 Å². The van der Waals surface area contributed by atoms with Gasteiger partial charge in [0.1, 0.15) is 0 Å². The molecule has 0 saturated heterocycles. The number of sulfone groups is 1. The van der Waals surface area contributed by atoms with Gasteiger partial charge in [-0.15, -0.1) is 0 Å². The number of hydrogen-bond acceptors (Lipinski definition) is 3. The number of benzene rings is 3. The standard InChI is InChI=1S/C18H13F2NO3S/c19-18(20)25(23,24)16-8-4-3-7-15(16)21-17(22)14-10-9-12-5-1-2-6-13(12)11-14/h1-11,18H,(H,21,22). The van der Waals surface area contributed by atoms with Crippen LogP contribution in [0.3, 0.4) is 0 Å². The third kappa shape index (κ3) is 3.36. The van der Waals surface area contributed by atoms with E-state index in [0.29, 0.717) is 5.56 Å². The van der Waals surface area contributed by atoms with Gasteiger partial charge in [0.15, 0.2) is 0 Å². The van der Waals surface area contributed by atoms with Crippen LogP contribution < -0.4 is 5.32 Å². The van der Waals surface area contributed by atoms with Gasteiger partial charge >= 0.3 is 5.76 Å². The molecule has 25 heavy (non-hydrogen) atoms. The SMILES string of the molecule is O=C(Nc1ccccc1S(=O)(=O)C(F)F)c1ccc2ccccc2c1. The van der Waals surface area contributed by atoms with Gasteiger partial charge in [0.2, 0.25) is 9.84 Å². The smallest absolute Gasteiger partial charge is 0.321 e. The minimum Gasteiger partial charge on any atom is -0.321 e. The van der Waals surface area contributed by atoms with Gasteiger partial charge < -0.3 is 5.32 Å². The second-order valence-corrected chi connectivity index (χ2v) is 7.20. The molecule has 7 heteroatoms. The zero-order valence-corrected chi connectivity index (χ0v) is 13.6. The van der Waals surface area contributed by atoms with Crippen LogP contribution in [0.15, 0.2) is 71.6 Å². The Kier molecular flexibility index (Phi) is 4.50. The largest absolute Gasteiger partial charge is 0.341 e. The summed E-state index contributed by atoms with van der Waals surface area (Å²) in [5, 5.41) is 4.18. The lowest BCUT2D eigenvalue weighted by molar-refractivity contribution is 0.102. The highest BCUT2D eigenvalue weighted by Gasteiger charge is 2.29. The first-order chi connectivity index (χ1) is 11.9. The molecule has 0 aliphatic carbocycles. The molecule has 1 amide bonds. The van der Waals surface area contributed by atoms with E-state index in [1.807, 2.05) is 24.3 Å². The normalized spacial score (nSPS) is 11.6. The summed E-state index contributed by atoms with van der Waals surface area (Å²) in [6, 6.07) is 17.5. The average molecular weight is 361 g/mol. The van der Waals surface area contributed by atoms with Crippen molar-refractivity contribution in [2.45, 2.75) is 10.7 Å². The fourth-order valence-corrected chi connectivity index (χ4v) is 3.32. The van der Waals surface area contributed by atoms with Gasteiger partial charge in [-0.05, 0) is 35.0 Å². The summed E-state index contributed by atoms with van der Waals surface area (Å²) in [4.78, 5) is 11.8. The van der Waals surface area contributed by atoms with Crippen LogP contribution in [0.1, 0.15) is 10.4 Å². The maximum absolute atomic E-state index is 12.8. The van der Waals surface area contributed by atoms with E-state index in [9.17, 15) is 22.0 Å². The molecule has 0 atom stereocenters. The van der Waals surface area contributed by atoms with E-state index >= 15 is 0 Å². The van der Waals surface area contributed by atoms with Crippen molar-refractivity contribution in [3.8, 4) is 0 Å². The first kappa shape index (κ1) is 17.0. The Morgan fingerprint density at radius 3 is 2.24 bits per heavy atom. The van der Waals surface area contributed by atoms with Crippen molar-refractivity contribution in [2.24, 2.45) is 0 Å². The predicted octanol–water partition coefficient (Wildman–Crippen LogP) is 4.09. The number of halogens is 2. The monoisotopic (exact) mass is 361 g/mol. The molecule has 0 aliphatic rings. The molecule has 0 fully saturated rings. The molecule has 0 unspecified atom stereocenters. The van der Waals surface area contributed by atoms with Crippen molar-refractivity contribution in [1.29, 1.82) is 0 Å². The van der Waals surface area contributed by atoms with Gasteiger partial charge in [-0.1, -0.05) is 42.5 Å². The van der Waals surface area contributed by atoms with Crippen LogP contribution >= 0.6 is 0 Å². The molecule has 0 bridgehead atoms. The van der Waals surface area contributed by atoms with E-state index in [0.717, 1.165) is 16.8 Å². The summed E-state index contributed by atoms with van der Waals surface area (Å²) in [6.45, 7) is 0. The lowest BCUT2D eigenvalue weighted by Crippen LogP contribution is -2.17. The van der Waals surface area contributed by atoms with Crippen LogP contribution in [0.2, 0.25) is 0 Å². The minimum absolute atomic E-state index is 0.180. The maximum atomic E-state index is 12.8. The van der Waals surface area contributed by atoms with E-state index < -0.39 is 26.4 Å². The molecule has 0 heterocycles. The van der Waals surface area contributed by atoms with Crippen molar-refractivity contribution in [1.82, 2.24) is 0 Å². The summed E-state index contributed by atoms with van der Waals surface area (Å²) in [5.74, 6) is -4.14. The van der Waals surface area contributed by atoms with Gasteiger partial charge in [-0.25, -0.2) is 8.42 Å². The molecular formula is C18H13F2NO3S. The highest BCUT2D eigenvalue weighted by Crippen LogP contribution is 2.26. The number of anilines is 1. The van der Waals surface area contributed by atoms with Crippen LogP contribution in [-0.2, 0) is 9.84 Å². The van der Waals surface area contributed by atoms with E-state index in [2.05, 4.69) is 5.32 Å². The molecule has 3 aromatic carbocycles. The fourth-order valence-electron chi connectivity index (χ4n) is 2.44. The number of amides is 1. The number of para-hydroxylation sites is 1. The van der Waals surface area contributed by atoms with Crippen LogP contribution in [0.4, 0.5) is 14.5 Å². The first-order valence-corrected chi connectivity index (χ1v) is 8.85. The molecule has 0 saturated carbocycles. The predicted molar refractivity (Wildman–Crippen MR) is 91.5 cm³/mol.